The van der Waals surface area contributed by atoms with E-state index in [0.717, 1.165) is 6.42 Å². The van der Waals surface area contributed by atoms with E-state index in [9.17, 15) is 0 Å². The Hall–Kier alpha value is -0.160. The van der Waals surface area contributed by atoms with Crippen molar-refractivity contribution in [2.75, 3.05) is 13.2 Å². The number of ether oxygens (including phenoxy) is 2. The zero-order valence-corrected chi connectivity index (χ0v) is 8.90. The molecule has 1 saturated heterocycles. The molecule has 1 fully saturated rings. The van der Waals surface area contributed by atoms with E-state index in [2.05, 4.69) is 0 Å². The average molecular weight is 204 g/mol. The first kappa shape index (κ1) is 11.9. The van der Waals surface area contributed by atoms with Gasteiger partial charge in [-0.05, 0) is 26.7 Å². The van der Waals surface area contributed by atoms with Crippen LogP contribution in [0.25, 0.3) is 0 Å². The fraction of sp³-hybridized carbons (Fsp3) is 1.00. The summed E-state index contributed by atoms with van der Waals surface area (Å²) in [7, 11) is 0. The van der Waals surface area contributed by atoms with Crippen LogP contribution in [-0.2, 0) is 9.47 Å². The molecule has 14 heavy (non-hydrogen) atoms. The molecule has 0 aromatic rings. The molecule has 84 valence electrons. The Labute approximate surface area is 84.8 Å². The third-order valence-corrected chi connectivity index (χ3v) is 2.33. The highest BCUT2D eigenvalue weighted by atomic mass is 16.7. The summed E-state index contributed by atoms with van der Waals surface area (Å²) in [6.45, 7) is 3.99. The van der Waals surface area contributed by atoms with Crippen molar-refractivity contribution in [1.29, 1.82) is 0 Å². The second-order valence-electron chi connectivity index (χ2n) is 4.14. The lowest BCUT2D eigenvalue weighted by atomic mass is 10.0. The maximum absolute atomic E-state index is 8.83. The molecular formula is C10H20O4. The molecule has 1 aliphatic heterocycles. The molecule has 4 nitrogen and oxygen atoms in total. The lowest BCUT2D eigenvalue weighted by molar-refractivity contribution is -0.302. The molecule has 0 unspecified atom stereocenters. The van der Waals surface area contributed by atoms with Gasteiger partial charge in [-0.2, -0.15) is 0 Å². The molecule has 1 heterocycles. The highest BCUT2D eigenvalue weighted by molar-refractivity contribution is 4.76. The van der Waals surface area contributed by atoms with Gasteiger partial charge in [0.15, 0.2) is 5.79 Å². The maximum Gasteiger partial charge on any atom is 0.163 e. The first-order valence-corrected chi connectivity index (χ1v) is 5.15. The topological polar surface area (TPSA) is 58.9 Å². The Morgan fingerprint density at radius 2 is 1.50 bits per heavy atom. The van der Waals surface area contributed by atoms with Crippen LogP contribution in [0, 0.1) is 0 Å². The minimum Gasteiger partial charge on any atom is -0.396 e. The summed E-state index contributed by atoms with van der Waals surface area (Å²) in [6.07, 6.45) is 2.11. The third-order valence-electron chi connectivity index (χ3n) is 2.33. The fourth-order valence-corrected chi connectivity index (χ4v) is 1.86. The van der Waals surface area contributed by atoms with Crippen LogP contribution in [0.2, 0.25) is 0 Å². The third kappa shape index (κ3) is 3.53. The van der Waals surface area contributed by atoms with Crippen molar-refractivity contribution in [3.63, 3.8) is 0 Å². The van der Waals surface area contributed by atoms with Gasteiger partial charge in [0.05, 0.1) is 12.2 Å². The van der Waals surface area contributed by atoms with Crippen LogP contribution in [0.3, 0.4) is 0 Å². The molecule has 4 heteroatoms. The number of hydrogen-bond donors (Lipinski definition) is 2. The normalized spacial score (nSPS) is 31.7. The Bertz CT molecular complexity index is 154. The summed E-state index contributed by atoms with van der Waals surface area (Å²) in [4.78, 5) is 0. The Morgan fingerprint density at radius 1 is 1.07 bits per heavy atom. The summed E-state index contributed by atoms with van der Waals surface area (Å²) in [5.41, 5.74) is 0. The number of aliphatic hydroxyl groups excluding tert-OH is 2. The average Bonchev–Trinajstić information content (AvgIpc) is 2.01. The minimum absolute atomic E-state index is 0.0419. The van der Waals surface area contributed by atoms with Crippen molar-refractivity contribution < 1.29 is 19.7 Å². The molecule has 1 rings (SSSR count). The first-order valence-electron chi connectivity index (χ1n) is 5.15. The predicted octanol–water partition coefficient (Wildman–Crippen LogP) is 0.661. The quantitative estimate of drug-likeness (QED) is 0.706. The number of rotatable bonds is 4. The molecule has 1 aliphatic rings. The van der Waals surface area contributed by atoms with Gasteiger partial charge in [0.1, 0.15) is 0 Å². The molecule has 2 N–H and O–H groups in total. The highest BCUT2D eigenvalue weighted by Crippen LogP contribution is 2.29. The Balaban J connectivity index is 2.48. The lowest BCUT2D eigenvalue weighted by Crippen LogP contribution is -2.45. The predicted molar refractivity (Wildman–Crippen MR) is 51.8 cm³/mol. The molecular weight excluding hydrogens is 184 g/mol. The Kier molecular flexibility index (Phi) is 4.31. The standard InChI is InChI=1S/C10H20O4/c1-10(2)13-8(3-5-11)7-9(14-10)4-6-12/h8-9,11-12H,3-7H2,1-2H3/t8-,9-/m0/s1. The van der Waals surface area contributed by atoms with E-state index in [1.807, 2.05) is 13.8 Å². The van der Waals surface area contributed by atoms with Gasteiger partial charge >= 0.3 is 0 Å². The smallest absolute Gasteiger partial charge is 0.163 e. The van der Waals surface area contributed by atoms with Crippen molar-refractivity contribution in [3.05, 3.63) is 0 Å². The lowest BCUT2D eigenvalue weighted by Gasteiger charge is -2.40. The van der Waals surface area contributed by atoms with Crippen molar-refractivity contribution in [3.8, 4) is 0 Å². The van der Waals surface area contributed by atoms with Gasteiger partial charge in [0, 0.05) is 19.6 Å². The summed E-state index contributed by atoms with van der Waals surface area (Å²) >= 11 is 0. The van der Waals surface area contributed by atoms with Crippen molar-refractivity contribution >= 4 is 0 Å². The van der Waals surface area contributed by atoms with Crippen molar-refractivity contribution in [2.45, 2.75) is 51.1 Å². The molecule has 0 aromatic carbocycles. The van der Waals surface area contributed by atoms with Crippen molar-refractivity contribution in [1.82, 2.24) is 0 Å². The van der Waals surface area contributed by atoms with Crippen LogP contribution in [0.15, 0.2) is 0 Å². The van der Waals surface area contributed by atoms with Crippen LogP contribution >= 0.6 is 0 Å². The number of hydrogen-bond acceptors (Lipinski definition) is 4. The first-order chi connectivity index (χ1) is 6.57. The van der Waals surface area contributed by atoms with Gasteiger partial charge in [-0.3, -0.25) is 0 Å². The van der Waals surface area contributed by atoms with Gasteiger partial charge in [-0.15, -0.1) is 0 Å². The van der Waals surface area contributed by atoms with E-state index >= 15 is 0 Å². The van der Waals surface area contributed by atoms with Crippen LogP contribution in [-0.4, -0.2) is 41.4 Å². The van der Waals surface area contributed by atoms with E-state index in [0.29, 0.717) is 12.8 Å². The molecule has 0 spiro atoms. The highest BCUT2D eigenvalue weighted by Gasteiger charge is 2.34. The molecule has 2 atom stereocenters. The molecule has 0 radical (unpaired) electrons. The van der Waals surface area contributed by atoms with Gasteiger partial charge in [0.25, 0.3) is 0 Å². The Morgan fingerprint density at radius 3 is 1.86 bits per heavy atom. The second-order valence-corrected chi connectivity index (χ2v) is 4.14. The summed E-state index contributed by atoms with van der Waals surface area (Å²) < 4.78 is 11.3. The zero-order valence-electron chi connectivity index (χ0n) is 8.90. The van der Waals surface area contributed by atoms with E-state index in [1.165, 1.54) is 0 Å². The monoisotopic (exact) mass is 204 g/mol. The van der Waals surface area contributed by atoms with E-state index in [1.54, 1.807) is 0 Å². The van der Waals surface area contributed by atoms with E-state index in [-0.39, 0.29) is 25.4 Å². The maximum atomic E-state index is 8.83. The SMILES string of the molecule is CC1(C)O[C@@H](CCO)C[C@H](CCO)O1. The number of aliphatic hydroxyl groups is 2. The molecule has 0 saturated carbocycles. The molecule has 0 aliphatic carbocycles. The van der Waals surface area contributed by atoms with Gasteiger partial charge in [0.2, 0.25) is 0 Å². The molecule has 0 amide bonds. The molecule has 0 aromatic heterocycles. The summed E-state index contributed by atoms with van der Waals surface area (Å²) in [5, 5.41) is 17.7. The van der Waals surface area contributed by atoms with Crippen LogP contribution < -0.4 is 0 Å². The second kappa shape index (κ2) is 5.07. The minimum atomic E-state index is -0.599. The van der Waals surface area contributed by atoms with Gasteiger partial charge in [-0.25, -0.2) is 0 Å². The summed E-state index contributed by atoms with van der Waals surface area (Å²) in [5.74, 6) is -0.599. The summed E-state index contributed by atoms with van der Waals surface area (Å²) in [6, 6.07) is 0. The van der Waals surface area contributed by atoms with Crippen LogP contribution in [0.1, 0.15) is 33.1 Å². The fourth-order valence-electron chi connectivity index (χ4n) is 1.86. The largest absolute Gasteiger partial charge is 0.396 e. The van der Waals surface area contributed by atoms with Gasteiger partial charge in [-0.1, -0.05) is 0 Å². The van der Waals surface area contributed by atoms with E-state index < -0.39 is 5.79 Å². The zero-order chi connectivity index (χ0) is 10.6. The van der Waals surface area contributed by atoms with Crippen LogP contribution in [0.4, 0.5) is 0 Å². The van der Waals surface area contributed by atoms with E-state index in [4.69, 9.17) is 19.7 Å². The van der Waals surface area contributed by atoms with Crippen LogP contribution in [0.5, 0.6) is 0 Å². The molecule has 0 bridgehead atoms. The van der Waals surface area contributed by atoms with Crippen molar-refractivity contribution in [2.24, 2.45) is 0 Å². The van der Waals surface area contributed by atoms with Gasteiger partial charge < -0.3 is 19.7 Å².